The van der Waals surface area contributed by atoms with Crippen LogP contribution in [0.2, 0.25) is 0 Å². The topological polar surface area (TPSA) is 82.5 Å². The lowest BCUT2D eigenvalue weighted by Crippen LogP contribution is -2.18. The quantitative estimate of drug-likeness (QED) is 0.844. The van der Waals surface area contributed by atoms with E-state index in [1.54, 1.807) is 6.33 Å². The van der Waals surface area contributed by atoms with Gasteiger partial charge in [-0.3, -0.25) is 0 Å². The first kappa shape index (κ1) is 15.1. The van der Waals surface area contributed by atoms with Crippen molar-refractivity contribution < 1.29 is 0 Å². The average Bonchev–Trinajstić information content (AvgIpc) is 2.99. The highest BCUT2D eigenvalue weighted by atomic mass is 32.1. The first-order chi connectivity index (χ1) is 9.61. The first-order valence-corrected chi connectivity index (χ1v) is 7.82. The highest BCUT2D eigenvalue weighted by molar-refractivity contribution is 7.05. The minimum Gasteiger partial charge on any atom is -0.323 e. The lowest BCUT2D eigenvalue weighted by molar-refractivity contribution is 0.459. The summed E-state index contributed by atoms with van der Waals surface area (Å²) in [5.41, 5.74) is 7.34. The van der Waals surface area contributed by atoms with Gasteiger partial charge in [0.25, 0.3) is 0 Å². The van der Waals surface area contributed by atoms with Gasteiger partial charge in [0.1, 0.15) is 12.2 Å². The van der Waals surface area contributed by atoms with E-state index in [9.17, 15) is 0 Å². The van der Waals surface area contributed by atoms with Crippen LogP contribution in [0.5, 0.6) is 0 Å². The van der Waals surface area contributed by atoms with Crippen molar-refractivity contribution >= 4 is 11.5 Å². The molecule has 110 valence electrons. The van der Waals surface area contributed by atoms with E-state index < -0.39 is 0 Å². The maximum atomic E-state index is 6.31. The van der Waals surface area contributed by atoms with Crippen molar-refractivity contribution in [3.05, 3.63) is 22.7 Å². The third-order valence-corrected chi connectivity index (χ3v) is 3.94. The zero-order valence-electron chi connectivity index (χ0n) is 12.3. The Bertz CT molecular complexity index is 532. The minimum absolute atomic E-state index is 0.105. The fraction of sp³-hybridized carbons (Fsp3) is 0.692. The average molecular weight is 294 g/mol. The van der Waals surface area contributed by atoms with E-state index in [0.717, 1.165) is 35.8 Å². The molecule has 0 aliphatic heterocycles. The summed E-state index contributed by atoms with van der Waals surface area (Å²) in [5, 5.41) is 8.44. The zero-order chi connectivity index (χ0) is 14.5. The summed E-state index contributed by atoms with van der Waals surface area (Å²) in [6.07, 6.45) is 4.25. The van der Waals surface area contributed by atoms with Crippen LogP contribution in [0.1, 0.15) is 49.6 Å². The largest absolute Gasteiger partial charge is 0.323 e. The van der Waals surface area contributed by atoms with E-state index in [0.29, 0.717) is 12.3 Å². The van der Waals surface area contributed by atoms with Gasteiger partial charge in [0.05, 0.1) is 10.6 Å². The second-order valence-electron chi connectivity index (χ2n) is 5.40. The van der Waals surface area contributed by atoms with Gasteiger partial charge in [0.2, 0.25) is 0 Å². The number of nitrogens with two attached hydrogens (primary N) is 1. The van der Waals surface area contributed by atoms with Crippen molar-refractivity contribution in [2.45, 2.75) is 52.6 Å². The van der Waals surface area contributed by atoms with Crippen LogP contribution in [-0.4, -0.2) is 24.4 Å². The fourth-order valence-electron chi connectivity index (χ4n) is 2.14. The van der Waals surface area contributed by atoms with Gasteiger partial charge in [-0.2, -0.15) is 5.10 Å². The Labute approximate surface area is 123 Å². The molecule has 2 aromatic rings. The van der Waals surface area contributed by atoms with Gasteiger partial charge >= 0.3 is 0 Å². The number of rotatable bonds is 7. The van der Waals surface area contributed by atoms with Crippen molar-refractivity contribution in [1.29, 1.82) is 0 Å². The molecule has 0 amide bonds. The van der Waals surface area contributed by atoms with Crippen molar-refractivity contribution in [3.8, 4) is 0 Å². The summed E-state index contributed by atoms with van der Waals surface area (Å²) < 4.78 is 5.97. The second-order valence-corrected chi connectivity index (χ2v) is 6.18. The van der Waals surface area contributed by atoms with Crippen LogP contribution in [-0.2, 0) is 19.4 Å². The second kappa shape index (κ2) is 6.90. The monoisotopic (exact) mass is 294 g/mol. The maximum absolute atomic E-state index is 6.31. The van der Waals surface area contributed by atoms with Crippen LogP contribution in [0.3, 0.4) is 0 Å². The minimum atomic E-state index is -0.105. The third-order valence-electron chi connectivity index (χ3n) is 3.05. The van der Waals surface area contributed by atoms with Gasteiger partial charge in [-0.25, -0.2) is 9.67 Å². The van der Waals surface area contributed by atoms with Crippen LogP contribution in [0.25, 0.3) is 0 Å². The molecule has 0 bridgehead atoms. The van der Waals surface area contributed by atoms with E-state index in [1.165, 1.54) is 11.5 Å². The summed E-state index contributed by atoms with van der Waals surface area (Å²) in [7, 11) is 0. The summed E-state index contributed by atoms with van der Waals surface area (Å²) in [6.45, 7) is 7.33. The molecule has 2 aromatic heterocycles. The first-order valence-electron chi connectivity index (χ1n) is 7.05. The van der Waals surface area contributed by atoms with Gasteiger partial charge in [0.15, 0.2) is 0 Å². The van der Waals surface area contributed by atoms with Crippen LogP contribution in [0.15, 0.2) is 6.33 Å². The van der Waals surface area contributed by atoms with Gasteiger partial charge in [-0.05, 0) is 23.9 Å². The van der Waals surface area contributed by atoms with E-state index in [-0.39, 0.29) is 6.04 Å². The molecule has 0 fully saturated rings. The molecule has 1 unspecified atom stereocenters. The third kappa shape index (κ3) is 3.61. The van der Waals surface area contributed by atoms with Gasteiger partial charge in [-0.1, -0.05) is 31.7 Å². The van der Waals surface area contributed by atoms with E-state index in [1.807, 2.05) is 4.68 Å². The number of aromatic nitrogens is 5. The fourth-order valence-corrected chi connectivity index (χ4v) is 2.84. The van der Waals surface area contributed by atoms with Crippen LogP contribution in [0.4, 0.5) is 0 Å². The number of hydrogen-bond donors (Lipinski definition) is 1. The highest BCUT2D eigenvalue weighted by Gasteiger charge is 2.18. The predicted octanol–water partition coefficient (Wildman–Crippen LogP) is 1.98. The van der Waals surface area contributed by atoms with Crippen molar-refractivity contribution in [2.24, 2.45) is 11.7 Å². The molecule has 6 nitrogen and oxygen atoms in total. The van der Waals surface area contributed by atoms with Crippen molar-refractivity contribution in [1.82, 2.24) is 24.4 Å². The van der Waals surface area contributed by atoms with Crippen LogP contribution < -0.4 is 5.73 Å². The van der Waals surface area contributed by atoms with E-state index in [4.69, 9.17) is 5.73 Å². The Balaban J connectivity index is 2.09. The molecule has 0 saturated heterocycles. The smallest absolute Gasteiger partial charge is 0.138 e. The molecule has 0 aromatic carbocycles. The Kier molecular flexibility index (Phi) is 5.19. The molecule has 2 heterocycles. The standard InChI is InChI=1S/C13H22N6S/c1-4-5-11-13(20-18-17-11)10(14)6-12-15-8-16-19(12)7-9(2)3/h8-10H,4-7,14H2,1-3H3. The summed E-state index contributed by atoms with van der Waals surface area (Å²) in [6, 6.07) is -0.105. The van der Waals surface area contributed by atoms with E-state index in [2.05, 4.69) is 40.4 Å². The molecule has 2 N–H and O–H groups in total. The van der Waals surface area contributed by atoms with Gasteiger partial charge in [-0.15, -0.1) is 5.10 Å². The van der Waals surface area contributed by atoms with Crippen LogP contribution >= 0.6 is 11.5 Å². The Morgan fingerprint density at radius 2 is 2.20 bits per heavy atom. The van der Waals surface area contributed by atoms with Gasteiger partial charge in [0, 0.05) is 19.0 Å². The molecular weight excluding hydrogens is 272 g/mol. The number of nitrogens with zero attached hydrogens (tertiary/aromatic N) is 5. The molecular formula is C13H22N6S. The summed E-state index contributed by atoms with van der Waals surface area (Å²) in [5.74, 6) is 1.47. The van der Waals surface area contributed by atoms with E-state index >= 15 is 0 Å². The molecule has 0 aliphatic carbocycles. The normalized spacial score (nSPS) is 13.1. The molecule has 2 rings (SSSR count). The molecule has 7 heteroatoms. The molecule has 20 heavy (non-hydrogen) atoms. The molecule has 0 spiro atoms. The Morgan fingerprint density at radius 3 is 2.90 bits per heavy atom. The molecule has 1 atom stereocenters. The molecule has 0 saturated carbocycles. The Morgan fingerprint density at radius 1 is 1.40 bits per heavy atom. The maximum Gasteiger partial charge on any atom is 0.138 e. The summed E-state index contributed by atoms with van der Waals surface area (Å²) >= 11 is 1.40. The Hall–Kier alpha value is -1.34. The molecule has 0 radical (unpaired) electrons. The van der Waals surface area contributed by atoms with Crippen molar-refractivity contribution in [2.75, 3.05) is 0 Å². The number of hydrogen-bond acceptors (Lipinski definition) is 6. The lowest BCUT2D eigenvalue weighted by atomic mass is 10.1. The van der Waals surface area contributed by atoms with Gasteiger partial charge < -0.3 is 5.73 Å². The summed E-state index contributed by atoms with van der Waals surface area (Å²) in [4.78, 5) is 5.41. The lowest BCUT2D eigenvalue weighted by Gasteiger charge is -2.12. The predicted molar refractivity (Wildman–Crippen MR) is 79.4 cm³/mol. The number of aryl methyl sites for hydroxylation is 1. The zero-order valence-corrected chi connectivity index (χ0v) is 13.1. The molecule has 0 aliphatic rings. The highest BCUT2D eigenvalue weighted by Crippen LogP contribution is 2.22. The SMILES string of the molecule is CCCc1nnsc1C(N)Cc1ncnn1CC(C)C. The van der Waals surface area contributed by atoms with Crippen molar-refractivity contribution in [3.63, 3.8) is 0 Å². The van der Waals surface area contributed by atoms with Crippen LogP contribution in [0, 0.1) is 5.92 Å².